The van der Waals surface area contributed by atoms with E-state index in [1.54, 1.807) is 36.8 Å². The van der Waals surface area contributed by atoms with E-state index in [1.165, 1.54) is 16.7 Å². The first-order chi connectivity index (χ1) is 8.85. The summed E-state index contributed by atoms with van der Waals surface area (Å²) in [5.74, 6) is -1.04. The summed E-state index contributed by atoms with van der Waals surface area (Å²) in [4.78, 5) is 14.8. The van der Waals surface area contributed by atoms with Gasteiger partial charge >= 0.3 is 5.97 Å². The Hall–Kier alpha value is -1.73. The third-order valence-corrected chi connectivity index (χ3v) is 3.70. The molecule has 0 saturated heterocycles. The second kappa shape index (κ2) is 5.10. The van der Waals surface area contributed by atoms with Crippen LogP contribution in [0, 0.1) is 0 Å². The molecule has 0 aliphatic rings. The number of hydrogen-bond acceptors (Lipinski definition) is 5. The van der Waals surface area contributed by atoms with Crippen molar-refractivity contribution in [2.24, 2.45) is 4.36 Å². The molecule has 7 heteroatoms. The zero-order valence-electron chi connectivity index (χ0n) is 10.4. The number of benzene rings is 1. The average molecular weight is 296 g/mol. The van der Waals surface area contributed by atoms with Gasteiger partial charge in [-0.1, -0.05) is 0 Å². The molecule has 1 heterocycles. The molecule has 1 aromatic heterocycles. The van der Waals surface area contributed by atoms with Crippen LogP contribution in [0.5, 0.6) is 0 Å². The second-order valence-corrected chi connectivity index (χ2v) is 7.57. The lowest BCUT2D eigenvalue weighted by Gasteiger charge is -1.99. The lowest BCUT2D eigenvalue weighted by Crippen LogP contribution is -1.95. The van der Waals surface area contributed by atoms with E-state index in [-0.39, 0.29) is 5.69 Å². The Balaban J connectivity index is 2.32. The van der Waals surface area contributed by atoms with E-state index in [9.17, 15) is 9.00 Å². The van der Waals surface area contributed by atoms with E-state index in [0.29, 0.717) is 10.7 Å². The molecule has 2 aromatic rings. The Morgan fingerprint density at radius 1 is 1.32 bits per heavy atom. The number of carboxylic acid groups (broad SMARTS) is 1. The molecule has 0 amide bonds. The molecule has 0 aliphatic carbocycles. The number of carbonyl (C=O) groups is 1. The fourth-order valence-corrected chi connectivity index (χ4v) is 2.85. The SMILES string of the molecule is CS(C)(=O)=Nc1ccc(-c2nc(C(=O)O)cs2)cc1. The van der Waals surface area contributed by atoms with Gasteiger partial charge in [0.15, 0.2) is 5.69 Å². The maximum atomic E-state index is 11.5. The quantitative estimate of drug-likeness (QED) is 0.944. The van der Waals surface area contributed by atoms with E-state index in [4.69, 9.17) is 5.11 Å². The predicted molar refractivity (Wildman–Crippen MR) is 76.6 cm³/mol. The predicted octanol–water partition coefficient (Wildman–Crippen LogP) is 2.87. The summed E-state index contributed by atoms with van der Waals surface area (Å²) >= 11 is 1.27. The van der Waals surface area contributed by atoms with Crippen LogP contribution in [0.1, 0.15) is 10.5 Å². The minimum Gasteiger partial charge on any atom is -0.476 e. The third kappa shape index (κ3) is 3.62. The molecule has 100 valence electrons. The Labute approximate surface area is 115 Å². The van der Waals surface area contributed by atoms with Crippen molar-refractivity contribution < 1.29 is 14.1 Å². The first kappa shape index (κ1) is 13.7. The van der Waals surface area contributed by atoms with Crippen molar-refractivity contribution in [2.45, 2.75) is 0 Å². The van der Waals surface area contributed by atoms with Crippen LogP contribution in [0.15, 0.2) is 34.0 Å². The van der Waals surface area contributed by atoms with E-state index in [2.05, 4.69) is 9.35 Å². The van der Waals surface area contributed by atoms with Gasteiger partial charge < -0.3 is 5.11 Å². The molecule has 0 saturated carbocycles. The molecule has 5 nitrogen and oxygen atoms in total. The molecule has 1 N–H and O–H groups in total. The number of rotatable bonds is 3. The number of aromatic carboxylic acids is 1. The van der Waals surface area contributed by atoms with Crippen LogP contribution in [-0.2, 0) is 9.73 Å². The van der Waals surface area contributed by atoms with Gasteiger partial charge in [0.25, 0.3) is 0 Å². The van der Waals surface area contributed by atoms with Crippen molar-refractivity contribution in [3.63, 3.8) is 0 Å². The molecule has 1 aromatic carbocycles. The highest BCUT2D eigenvalue weighted by molar-refractivity contribution is 7.92. The van der Waals surface area contributed by atoms with E-state index in [1.807, 2.05) is 0 Å². The highest BCUT2D eigenvalue weighted by Crippen LogP contribution is 2.26. The maximum Gasteiger partial charge on any atom is 0.355 e. The van der Waals surface area contributed by atoms with Gasteiger partial charge in [-0.25, -0.2) is 14.0 Å². The fourth-order valence-electron chi connectivity index (χ4n) is 1.42. The zero-order valence-corrected chi connectivity index (χ0v) is 12.0. The molecule has 2 rings (SSSR count). The van der Waals surface area contributed by atoms with Crippen molar-refractivity contribution in [1.82, 2.24) is 4.98 Å². The number of carboxylic acids is 1. The minimum atomic E-state index is -2.18. The number of nitrogens with zero attached hydrogens (tertiary/aromatic N) is 2. The number of aromatic nitrogens is 1. The molecular formula is C12H12N2O3S2. The van der Waals surface area contributed by atoms with Gasteiger partial charge in [0.2, 0.25) is 0 Å². The monoisotopic (exact) mass is 296 g/mol. The lowest BCUT2D eigenvalue weighted by atomic mass is 10.2. The normalized spacial score (nSPS) is 11.3. The fraction of sp³-hybridized carbons (Fsp3) is 0.167. The summed E-state index contributed by atoms with van der Waals surface area (Å²) in [5, 5.41) is 11.0. The highest BCUT2D eigenvalue weighted by atomic mass is 32.2. The van der Waals surface area contributed by atoms with E-state index >= 15 is 0 Å². The van der Waals surface area contributed by atoms with Crippen LogP contribution in [-0.4, -0.2) is 32.8 Å². The van der Waals surface area contributed by atoms with Crippen molar-refractivity contribution in [3.05, 3.63) is 35.3 Å². The Bertz CT molecular complexity index is 718. The van der Waals surface area contributed by atoms with E-state index in [0.717, 1.165) is 5.56 Å². The topological polar surface area (TPSA) is 79.6 Å². The van der Waals surface area contributed by atoms with Gasteiger partial charge in [-0.15, -0.1) is 11.3 Å². The summed E-state index contributed by atoms with van der Waals surface area (Å²) in [6, 6.07) is 7.05. The second-order valence-electron chi connectivity index (χ2n) is 4.16. The van der Waals surface area contributed by atoms with Crippen LogP contribution in [0.4, 0.5) is 5.69 Å². The average Bonchev–Trinajstić information content (AvgIpc) is 2.77. The molecule has 0 spiro atoms. The highest BCUT2D eigenvalue weighted by Gasteiger charge is 2.09. The summed E-state index contributed by atoms with van der Waals surface area (Å²) in [6.45, 7) is 0. The summed E-state index contributed by atoms with van der Waals surface area (Å²) < 4.78 is 15.6. The summed E-state index contributed by atoms with van der Waals surface area (Å²) in [6.07, 6.45) is 3.14. The standard InChI is InChI=1S/C12H12N2O3S2/c1-19(2,17)14-9-5-3-8(4-6-9)11-13-10(7-18-11)12(15)16/h3-7H,1-2H3,(H,15,16). The van der Waals surface area contributed by atoms with Crippen molar-refractivity contribution in [1.29, 1.82) is 0 Å². The molecule has 19 heavy (non-hydrogen) atoms. The van der Waals surface area contributed by atoms with Crippen molar-refractivity contribution in [3.8, 4) is 10.6 Å². The number of thiazole rings is 1. The molecule has 0 unspecified atom stereocenters. The van der Waals surface area contributed by atoms with Gasteiger partial charge in [-0.05, 0) is 24.3 Å². The first-order valence-corrected chi connectivity index (χ1v) is 8.53. The number of hydrogen-bond donors (Lipinski definition) is 1. The molecular weight excluding hydrogens is 284 g/mol. The van der Waals surface area contributed by atoms with Gasteiger partial charge in [-0.3, -0.25) is 0 Å². The molecule has 0 fully saturated rings. The van der Waals surface area contributed by atoms with Crippen LogP contribution >= 0.6 is 11.3 Å². The zero-order chi connectivity index (χ0) is 14.0. The smallest absolute Gasteiger partial charge is 0.355 e. The lowest BCUT2D eigenvalue weighted by molar-refractivity contribution is 0.0691. The minimum absolute atomic E-state index is 0.0406. The Morgan fingerprint density at radius 2 is 1.95 bits per heavy atom. The van der Waals surface area contributed by atoms with Gasteiger partial charge in [-0.2, -0.15) is 4.36 Å². The van der Waals surface area contributed by atoms with Crippen LogP contribution in [0.2, 0.25) is 0 Å². The molecule has 0 bridgehead atoms. The Kier molecular flexibility index (Phi) is 3.68. The van der Waals surface area contributed by atoms with Gasteiger partial charge in [0.1, 0.15) is 5.01 Å². The molecule has 0 aliphatic heterocycles. The largest absolute Gasteiger partial charge is 0.476 e. The first-order valence-electron chi connectivity index (χ1n) is 5.31. The Morgan fingerprint density at radius 3 is 2.42 bits per heavy atom. The summed E-state index contributed by atoms with van der Waals surface area (Å²) in [5.41, 5.74) is 1.49. The van der Waals surface area contributed by atoms with Crippen LogP contribution < -0.4 is 0 Å². The molecule has 0 atom stereocenters. The maximum absolute atomic E-state index is 11.5. The molecule has 0 radical (unpaired) electrons. The van der Waals surface area contributed by atoms with Crippen molar-refractivity contribution in [2.75, 3.05) is 12.5 Å². The van der Waals surface area contributed by atoms with Gasteiger partial charge in [0.05, 0.1) is 5.69 Å². The van der Waals surface area contributed by atoms with Crippen LogP contribution in [0.3, 0.4) is 0 Å². The summed E-state index contributed by atoms with van der Waals surface area (Å²) in [7, 11) is -2.18. The third-order valence-electron chi connectivity index (χ3n) is 2.16. The van der Waals surface area contributed by atoms with Gasteiger partial charge in [0, 0.05) is 33.2 Å². The van der Waals surface area contributed by atoms with Crippen LogP contribution in [0.25, 0.3) is 10.6 Å². The van der Waals surface area contributed by atoms with Crippen molar-refractivity contribution >= 4 is 32.7 Å². The van der Waals surface area contributed by atoms with E-state index < -0.39 is 15.7 Å².